The van der Waals surface area contributed by atoms with Gasteiger partial charge in [0.2, 0.25) is 5.91 Å². The number of hydrogen-bond acceptors (Lipinski definition) is 1. The van der Waals surface area contributed by atoms with Crippen LogP contribution in [-0.2, 0) is 4.79 Å². The molecule has 2 nitrogen and oxygen atoms in total. The lowest BCUT2D eigenvalue weighted by Gasteiger charge is -1.97. The van der Waals surface area contributed by atoms with E-state index in [9.17, 15) is 4.79 Å². The maximum Gasteiger partial charge on any atom is 0.217 e. The number of nitrogens with two attached hydrogens (primary N) is 1. The maximum atomic E-state index is 10.6. The van der Waals surface area contributed by atoms with Crippen molar-refractivity contribution in [2.24, 2.45) is 5.73 Å². The Balaban J connectivity index is 3.88. The molecule has 0 bridgehead atoms. The number of primary amides is 1. The first-order valence-corrected chi connectivity index (χ1v) is 4.13. The van der Waals surface area contributed by atoms with E-state index in [1.165, 1.54) is 0 Å². The van der Waals surface area contributed by atoms with Gasteiger partial charge in [0.25, 0.3) is 0 Å². The molecule has 0 aromatic carbocycles. The van der Waals surface area contributed by atoms with Gasteiger partial charge in [-0.05, 0) is 6.37 Å². The number of amides is 1. The molecule has 0 saturated carbocycles. The summed E-state index contributed by atoms with van der Waals surface area (Å²) in [5.41, 5.74) is 4.89. The van der Waals surface area contributed by atoms with Crippen LogP contribution < -0.4 is 5.73 Å². The summed E-state index contributed by atoms with van der Waals surface area (Å²) in [5.74, 6) is -0.884. The molecular weight excluding hydrogens is 138 g/mol. The number of carbonyl (C=O) groups is 1. The molecule has 0 rings (SSSR count). The van der Waals surface area contributed by atoms with E-state index in [-0.39, 0.29) is 6.42 Å². The van der Waals surface area contributed by atoms with Crippen molar-refractivity contribution < 1.29 is 8.91 Å². The number of rotatable bonds is 7. The van der Waals surface area contributed by atoms with Gasteiger partial charge in [0, 0.05) is 10.5 Å². The molecule has 0 aliphatic rings. The van der Waals surface area contributed by atoms with Crippen molar-refractivity contribution in [2.75, 3.05) is 0 Å². The monoisotopic (exact) mass is 160 g/mol. The molecule has 2 heteroatoms. The zero-order chi connectivity index (χ0) is 11.2. The molecule has 0 aliphatic heterocycles. The van der Waals surface area contributed by atoms with Crippen LogP contribution in [0.15, 0.2) is 0 Å². The van der Waals surface area contributed by atoms with E-state index in [2.05, 4.69) is 6.92 Å². The second-order valence-corrected chi connectivity index (χ2v) is 2.56. The molecule has 0 heterocycles. The fraction of sp³-hybridized carbons (Fsp3) is 0.889. The predicted molar refractivity (Wildman–Crippen MR) is 47.2 cm³/mol. The quantitative estimate of drug-likeness (QED) is 0.570. The second-order valence-electron chi connectivity index (χ2n) is 2.56. The summed E-state index contributed by atoms with van der Waals surface area (Å²) in [6.45, 7) is 2.07. The molecule has 2 N–H and O–H groups in total. The minimum Gasteiger partial charge on any atom is -0.370 e. The fourth-order valence-electron chi connectivity index (χ4n) is 0.827. The van der Waals surface area contributed by atoms with Gasteiger partial charge < -0.3 is 5.73 Å². The Morgan fingerprint density at radius 2 is 2.00 bits per heavy atom. The smallest absolute Gasteiger partial charge is 0.217 e. The van der Waals surface area contributed by atoms with Crippen LogP contribution in [-0.4, -0.2) is 5.91 Å². The average molecular weight is 160 g/mol. The van der Waals surface area contributed by atoms with E-state index in [4.69, 9.17) is 9.85 Å². The van der Waals surface area contributed by atoms with Crippen LogP contribution in [0.3, 0.4) is 0 Å². The fourth-order valence-corrected chi connectivity index (χ4v) is 0.827. The lowest BCUT2D eigenvalue weighted by molar-refractivity contribution is -0.118. The van der Waals surface area contributed by atoms with Gasteiger partial charge >= 0.3 is 0 Å². The average Bonchev–Trinajstić information content (AvgIpc) is 2.11. The van der Waals surface area contributed by atoms with Crippen LogP contribution in [0.5, 0.6) is 0 Å². The summed E-state index contributed by atoms with van der Waals surface area (Å²) in [4.78, 5) is 10.6. The first kappa shape index (κ1) is 6.04. The first-order valence-electron chi connectivity index (χ1n) is 5.71. The summed E-state index contributed by atoms with van der Waals surface area (Å²) in [5, 5.41) is 0. The van der Waals surface area contributed by atoms with Crippen molar-refractivity contribution in [3.63, 3.8) is 0 Å². The Labute approximate surface area is 73.4 Å². The molecule has 0 saturated heterocycles. The minimum atomic E-state index is -1.78. The number of unbranched alkanes of at least 4 members (excludes halogenated alkanes) is 3. The van der Waals surface area contributed by atoms with Gasteiger partial charge in [0.05, 0.1) is 0 Å². The standard InChI is InChI=1S/C9H19NO/c1-2-3-4-5-6-7-8-9(10)11/h2-8H2,1H3,(H2,10,11)/i7D2,8D. The van der Waals surface area contributed by atoms with Crippen molar-refractivity contribution >= 4 is 5.91 Å². The Morgan fingerprint density at radius 3 is 2.55 bits per heavy atom. The molecule has 66 valence electrons. The van der Waals surface area contributed by atoms with E-state index in [0.717, 1.165) is 19.3 Å². The van der Waals surface area contributed by atoms with E-state index >= 15 is 0 Å². The summed E-state index contributed by atoms with van der Waals surface area (Å²) < 4.78 is 22.2. The zero-order valence-corrected chi connectivity index (χ0v) is 7.10. The highest BCUT2D eigenvalue weighted by Crippen LogP contribution is 2.05. The number of carbonyl (C=O) groups excluding carboxylic acids is 1. The molecular formula is C9H19NO. The van der Waals surface area contributed by atoms with Gasteiger partial charge in [-0.15, -0.1) is 0 Å². The van der Waals surface area contributed by atoms with Crippen LogP contribution >= 0.6 is 0 Å². The van der Waals surface area contributed by atoms with E-state index in [1.807, 2.05) is 0 Å². The maximum absolute atomic E-state index is 10.6. The Kier molecular flexibility index (Phi) is 4.16. The van der Waals surface area contributed by atoms with Crippen molar-refractivity contribution in [3.05, 3.63) is 0 Å². The second kappa shape index (κ2) is 7.58. The van der Waals surface area contributed by atoms with Gasteiger partial charge in [-0.25, -0.2) is 0 Å². The molecule has 0 aromatic rings. The highest BCUT2D eigenvalue weighted by atomic mass is 16.1. The van der Waals surface area contributed by atoms with Crippen LogP contribution in [0, 0.1) is 0 Å². The SMILES string of the molecule is [2H]C(C(N)=O)C([2H])([2H])CCCCCC. The topological polar surface area (TPSA) is 43.1 Å². The third-order valence-corrected chi connectivity index (χ3v) is 1.42. The summed E-state index contributed by atoms with van der Waals surface area (Å²) in [6.07, 6.45) is 0.830. The van der Waals surface area contributed by atoms with Gasteiger partial charge in [-0.2, -0.15) is 0 Å². The largest absolute Gasteiger partial charge is 0.370 e. The van der Waals surface area contributed by atoms with Crippen LogP contribution in [0.4, 0.5) is 0 Å². The molecule has 11 heavy (non-hydrogen) atoms. The van der Waals surface area contributed by atoms with Crippen LogP contribution in [0.2, 0.25) is 0 Å². The van der Waals surface area contributed by atoms with Crippen molar-refractivity contribution in [1.29, 1.82) is 0 Å². The third kappa shape index (κ3) is 9.47. The van der Waals surface area contributed by atoms with Gasteiger partial charge in [-0.1, -0.05) is 39.0 Å². The van der Waals surface area contributed by atoms with E-state index in [1.54, 1.807) is 0 Å². The predicted octanol–water partition coefficient (Wildman–Crippen LogP) is 2.22. The highest BCUT2D eigenvalue weighted by molar-refractivity contribution is 5.73. The normalized spacial score (nSPS) is 18.1. The van der Waals surface area contributed by atoms with E-state index < -0.39 is 18.7 Å². The lowest BCUT2D eigenvalue weighted by atomic mass is 10.1. The number of hydrogen-bond donors (Lipinski definition) is 1. The van der Waals surface area contributed by atoms with Crippen LogP contribution in [0.25, 0.3) is 0 Å². The summed E-state index contributed by atoms with van der Waals surface area (Å²) in [6, 6.07) is 0. The molecule has 1 amide bonds. The summed E-state index contributed by atoms with van der Waals surface area (Å²) in [7, 11) is 0. The third-order valence-electron chi connectivity index (χ3n) is 1.42. The van der Waals surface area contributed by atoms with Crippen molar-refractivity contribution in [3.8, 4) is 0 Å². The molecule has 0 spiro atoms. The molecule has 0 radical (unpaired) electrons. The summed E-state index contributed by atoms with van der Waals surface area (Å²) >= 11 is 0. The van der Waals surface area contributed by atoms with Crippen molar-refractivity contribution in [2.45, 2.75) is 51.8 Å². The molecule has 0 aliphatic carbocycles. The van der Waals surface area contributed by atoms with Gasteiger partial charge in [-0.3, -0.25) is 4.79 Å². The molecule has 1 atom stereocenters. The Hall–Kier alpha value is -0.530. The molecule has 0 aromatic heterocycles. The van der Waals surface area contributed by atoms with Gasteiger partial charge in [0.1, 0.15) is 0 Å². The molecule has 1 unspecified atom stereocenters. The Morgan fingerprint density at radius 1 is 1.36 bits per heavy atom. The van der Waals surface area contributed by atoms with E-state index in [0.29, 0.717) is 6.42 Å². The van der Waals surface area contributed by atoms with Gasteiger partial charge in [0.15, 0.2) is 0 Å². The first-order chi connectivity index (χ1) is 6.41. The molecule has 0 fully saturated rings. The minimum absolute atomic E-state index is 0.240. The van der Waals surface area contributed by atoms with Crippen molar-refractivity contribution in [1.82, 2.24) is 0 Å². The highest BCUT2D eigenvalue weighted by Gasteiger charge is 1.93. The Bertz CT molecular complexity index is 185. The van der Waals surface area contributed by atoms with Crippen LogP contribution in [0.1, 0.15) is 55.9 Å². The lowest BCUT2D eigenvalue weighted by Crippen LogP contribution is -2.09. The zero-order valence-electron chi connectivity index (χ0n) is 10.1.